The van der Waals surface area contributed by atoms with Crippen LogP contribution in [0.4, 0.5) is 5.69 Å². The fourth-order valence-electron chi connectivity index (χ4n) is 3.69. The lowest BCUT2D eigenvalue weighted by Gasteiger charge is -2.23. The summed E-state index contributed by atoms with van der Waals surface area (Å²) >= 11 is 0. The molecule has 8 heteroatoms. The van der Waals surface area contributed by atoms with Crippen LogP contribution in [-0.2, 0) is 20.8 Å². The molecule has 2 unspecified atom stereocenters. The van der Waals surface area contributed by atoms with E-state index in [1.165, 1.54) is 7.11 Å². The monoisotopic (exact) mass is 455 g/mol. The van der Waals surface area contributed by atoms with Gasteiger partial charge < -0.3 is 15.0 Å². The number of nitrogens with one attached hydrogen (secondary N) is 2. The van der Waals surface area contributed by atoms with Crippen molar-refractivity contribution >= 4 is 23.4 Å². The molecule has 2 aromatic rings. The molecule has 0 aliphatic carbocycles. The third kappa shape index (κ3) is 7.05. The number of hydrogen-bond acceptors (Lipinski definition) is 5. The first kappa shape index (κ1) is 25.9. The van der Waals surface area contributed by atoms with Crippen molar-refractivity contribution in [2.75, 3.05) is 25.5 Å². The minimum absolute atomic E-state index is 0.0708. The van der Waals surface area contributed by atoms with Gasteiger partial charge in [-0.2, -0.15) is 0 Å². The maximum Gasteiger partial charge on any atom is 0.244 e. The fourth-order valence-corrected chi connectivity index (χ4v) is 3.69. The Balaban J connectivity index is 2.17. The summed E-state index contributed by atoms with van der Waals surface area (Å²) in [6, 6.07) is 14.5. The number of amides is 3. The molecule has 0 aliphatic heterocycles. The van der Waals surface area contributed by atoms with Crippen LogP contribution in [-0.4, -0.2) is 48.0 Å². The first-order chi connectivity index (χ1) is 15.8. The van der Waals surface area contributed by atoms with E-state index >= 15 is 0 Å². The highest BCUT2D eigenvalue weighted by molar-refractivity contribution is 5.96. The maximum absolute atomic E-state index is 13.0. The molecule has 0 spiro atoms. The average molecular weight is 456 g/mol. The molecule has 0 heterocycles. The standard InChI is InChI=1S/C25H33N3O5/c1-5-28(6-2)25(31)17(3)19-13-11-18(12-14-19)15-20(16-23(29)27-32)24(30)26-21-9-7-8-10-22(21)33-4/h7-14,17,20,32H,5-6,15-16H2,1-4H3,(H,26,30)(H,27,29). The van der Waals surface area contributed by atoms with Crippen LogP contribution >= 0.6 is 0 Å². The van der Waals surface area contributed by atoms with E-state index in [0.29, 0.717) is 24.5 Å². The van der Waals surface area contributed by atoms with Gasteiger partial charge in [0.2, 0.25) is 17.7 Å². The van der Waals surface area contributed by atoms with E-state index < -0.39 is 11.8 Å². The number of likely N-dealkylation sites (N-methyl/N-ethyl adjacent to an activating group) is 1. The number of nitrogens with zero attached hydrogens (tertiary/aromatic N) is 1. The molecule has 3 amide bonds. The number of methoxy groups -OCH3 is 1. The Hall–Kier alpha value is -3.39. The summed E-state index contributed by atoms with van der Waals surface area (Å²) in [7, 11) is 1.51. The molecule has 2 aromatic carbocycles. The zero-order valence-electron chi connectivity index (χ0n) is 19.6. The van der Waals surface area contributed by atoms with E-state index in [9.17, 15) is 14.4 Å². The van der Waals surface area contributed by atoms with E-state index in [1.807, 2.05) is 45.0 Å². The molecular formula is C25H33N3O5. The number of para-hydroxylation sites is 2. The summed E-state index contributed by atoms with van der Waals surface area (Å²) in [6.45, 7) is 7.11. The quantitative estimate of drug-likeness (QED) is 0.356. The van der Waals surface area contributed by atoms with Crippen molar-refractivity contribution in [3.8, 4) is 5.75 Å². The van der Waals surface area contributed by atoms with Gasteiger partial charge in [0.25, 0.3) is 0 Å². The molecule has 0 bridgehead atoms. The van der Waals surface area contributed by atoms with Gasteiger partial charge in [0, 0.05) is 19.5 Å². The number of hydrogen-bond donors (Lipinski definition) is 3. The smallest absolute Gasteiger partial charge is 0.244 e. The van der Waals surface area contributed by atoms with Crippen molar-refractivity contribution in [2.45, 2.75) is 39.5 Å². The van der Waals surface area contributed by atoms with E-state index in [-0.39, 0.29) is 30.6 Å². The second-order valence-corrected chi connectivity index (χ2v) is 7.80. The van der Waals surface area contributed by atoms with Gasteiger partial charge in [0.15, 0.2) is 0 Å². The van der Waals surface area contributed by atoms with Crippen molar-refractivity contribution < 1.29 is 24.3 Å². The molecule has 8 nitrogen and oxygen atoms in total. The van der Waals surface area contributed by atoms with Crippen LogP contribution in [0.2, 0.25) is 0 Å². The van der Waals surface area contributed by atoms with Gasteiger partial charge in [-0.05, 0) is 50.5 Å². The molecule has 33 heavy (non-hydrogen) atoms. The van der Waals surface area contributed by atoms with Crippen LogP contribution < -0.4 is 15.5 Å². The number of carbonyl (C=O) groups excluding carboxylic acids is 3. The lowest BCUT2D eigenvalue weighted by Crippen LogP contribution is -2.33. The number of hydroxylamine groups is 1. The summed E-state index contributed by atoms with van der Waals surface area (Å²) in [5, 5.41) is 11.8. The van der Waals surface area contributed by atoms with Gasteiger partial charge >= 0.3 is 0 Å². The van der Waals surface area contributed by atoms with Gasteiger partial charge in [-0.15, -0.1) is 0 Å². The Kier molecular flexibility index (Phi) is 9.87. The molecule has 178 valence electrons. The van der Waals surface area contributed by atoms with E-state index in [1.54, 1.807) is 34.6 Å². The lowest BCUT2D eigenvalue weighted by atomic mass is 9.92. The highest BCUT2D eigenvalue weighted by atomic mass is 16.5. The van der Waals surface area contributed by atoms with Crippen LogP contribution in [0.25, 0.3) is 0 Å². The Morgan fingerprint density at radius 2 is 1.67 bits per heavy atom. The average Bonchev–Trinajstić information content (AvgIpc) is 2.84. The van der Waals surface area contributed by atoms with Gasteiger partial charge in [0.05, 0.1) is 24.6 Å². The van der Waals surface area contributed by atoms with Gasteiger partial charge in [0.1, 0.15) is 5.75 Å². The zero-order chi connectivity index (χ0) is 24.4. The Morgan fingerprint density at radius 1 is 1.03 bits per heavy atom. The van der Waals surface area contributed by atoms with Crippen molar-refractivity contribution in [3.63, 3.8) is 0 Å². The Labute approximate surface area is 194 Å². The van der Waals surface area contributed by atoms with Crippen LogP contribution in [0.1, 0.15) is 44.2 Å². The fraction of sp³-hybridized carbons (Fsp3) is 0.400. The molecule has 0 aromatic heterocycles. The number of ether oxygens (including phenoxy) is 1. The third-order valence-electron chi connectivity index (χ3n) is 5.70. The van der Waals surface area contributed by atoms with Crippen molar-refractivity contribution in [1.29, 1.82) is 0 Å². The zero-order valence-corrected chi connectivity index (χ0v) is 19.6. The minimum Gasteiger partial charge on any atom is -0.495 e. The van der Waals surface area contributed by atoms with Gasteiger partial charge in [-0.3, -0.25) is 19.6 Å². The lowest BCUT2D eigenvalue weighted by molar-refractivity contribution is -0.133. The summed E-state index contributed by atoms with van der Waals surface area (Å²) in [5.74, 6) is -1.43. The van der Waals surface area contributed by atoms with Gasteiger partial charge in [-0.1, -0.05) is 36.4 Å². The molecule has 0 aliphatic rings. The van der Waals surface area contributed by atoms with Crippen molar-refractivity contribution in [2.24, 2.45) is 5.92 Å². The Bertz CT molecular complexity index is 941. The normalized spacial score (nSPS) is 12.4. The maximum atomic E-state index is 13.0. The molecule has 2 rings (SSSR count). The molecule has 0 saturated carbocycles. The van der Waals surface area contributed by atoms with Crippen LogP contribution in [0.3, 0.4) is 0 Å². The molecule has 0 fully saturated rings. The summed E-state index contributed by atoms with van der Waals surface area (Å²) in [6.07, 6.45) is 0.100. The largest absolute Gasteiger partial charge is 0.495 e. The second kappa shape index (κ2) is 12.6. The third-order valence-corrected chi connectivity index (χ3v) is 5.70. The number of rotatable bonds is 11. The van der Waals surface area contributed by atoms with Crippen molar-refractivity contribution in [1.82, 2.24) is 10.4 Å². The highest BCUT2D eigenvalue weighted by Gasteiger charge is 2.24. The topological polar surface area (TPSA) is 108 Å². The molecular weight excluding hydrogens is 422 g/mol. The number of anilines is 1. The van der Waals surface area contributed by atoms with Crippen LogP contribution in [0, 0.1) is 5.92 Å². The number of carbonyl (C=O) groups is 3. The van der Waals surface area contributed by atoms with Crippen LogP contribution in [0.15, 0.2) is 48.5 Å². The first-order valence-electron chi connectivity index (χ1n) is 11.1. The second-order valence-electron chi connectivity index (χ2n) is 7.80. The SMILES string of the molecule is CCN(CC)C(=O)C(C)c1ccc(CC(CC(=O)NO)C(=O)Nc2ccccc2OC)cc1. The minimum atomic E-state index is -0.720. The van der Waals surface area contributed by atoms with Gasteiger partial charge in [-0.25, -0.2) is 5.48 Å². The molecule has 3 N–H and O–H groups in total. The Morgan fingerprint density at radius 3 is 2.24 bits per heavy atom. The summed E-state index contributed by atoms with van der Waals surface area (Å²) < 4.78 is 5.27. The molecule has 0 saturated heterocycles. The van der Waals surface area contributed by atoms with E-state index in [2.05, 4.69) is 5.32 Å². The number of benzene rings is 2. The predicted molar refractivity (Wildman–Crippen MR) is 126 cm³/mol. The van der Waals surface area contributed by atoms with Crippen LogP contribution in [0.5, 0.6) is 5.75 Å². The van der Waals surface area contributed by atoms with E-state index in [0.717, 1.165) is 11.1 Å². The predicted octanol–water partition coefficient (Wildman–Crippen LogP) is 3.36. The summed E-state index contributed by atoms with van der Waals surface area (Å²) in [4.78, 5) is 39.2. The van der Waals surface area contributed by atoms with E-state index in [4.69, 9.17) is 9.94 Å². The highest BCUT2D eigenvalue weighted by Crippen LogP contribution is 2.25. The van der Waals surface area contributed by atoms with Crippen molar-refractivity contribution in [3.05, 3.63) is 59.7 Å². The molecule has 0 radical (unpaired) electrons. The first-order valence-corrected chi connectivity index (χ1v) is 11.1. The molecule has 2 atom stereocenters. The summed E-state index contributed by atoms with van der Waals surface area (Å²) in [5.41, 5.74) is 3.82.